The zero-order chi connectivity index (χ0) is 10.7. The van der Waals surface area contributed by atoms with Crippen LogP contribution in [0, 0.1) is 5.92 Å². The minimum absolute atomic E-state index is 0.211. The second-order valence-corrected chi connectivity index (χ2v) is 4.55. The Hall–Kier alpha value is -0.570. The molecule has 1 heterocycles. The highest BCUT2D eigenvalue weighted by molar-refractivity contribution is 5.79. The van der Waals surface area contributed by atoms with Crippen LogP contribution >= 0.6 is 0 Å². The number of nitrogens with zero attached hydrogens (tertiary/aromatic N) is 2. The van der Waals surface area contributed by atoms with E-state index in [0.29, 0.717) is 11.9 Å². The Morgan fingerprint density at radius 3 is 2.50 bits per heavy atom. The lowest BCUT2D eigenvalue weighted by molar-refractivity contribution is -0.142. The largest absolute Gasteiger partial charge is 0.339 e. The first-order valence-electron chi connectivity index (χ1n) is 5.51. The molecule has 1 rings (SSSR count). The van der Waals surface area contributed by atoms with Crippen molar-refractivity contribution in [1.82, 2.24) is 9.80 Å². The first-order chi connectivity index (χ1) is 6.56. The fourth-order valence-corrected chi connectivity index (χ4v) is 1.83. The number of hydrogen-bond donors (Lipinski definition) is 0. The van der Waals surface area contributed by atoms with Crippen molar-refractivity contribution in [1.29, 1.82) is 0 Å². The van der Waals surface area contributed by atoms with Crippen molar-refractivity contribution in [3.8, 4) is 0 Å². The van der Waals surface area contributed by atoms with Crippen LogP contribution in [0.25, 0.3) is 0 Å². The molecule has 0 aliphatic carbocycles. The normalized spacial score (nSPS) is 19.6. The van der Waals surface area contributed by atoms with Gasteiger partial charge in [-0.05, 0) is 20.5 Å². The molecule has 14 heavy (non-hydrogen) atoms. The van der Waals surface area contributed by atoms with E-state index in [1.165, 1.54) is 0 Å². The molecule has 1 atom stereocenters. The van der Waals surface area contributed by atoms with Gasteiger partial charge in [0.05, 0.1) is 0 Å². The van der Waals surface area contributed by atoms with Crippen molar-refractivity contribution in [2.45, 2.75) is 32.7 Å². The van der Waals surface area contributed by atoms with Crippen molar-refractivity contribution in [2.75, 3.05) is 27.2 Å². The van der Waals surface area contributed by atoms with Crippen molar-refractivity contribution < 1.29 is 4.79 Å². The van der Waals surface area contributed by atoms with E-state index in [1.807, 2.05) is 11.8 Å². The van der Waals surface area contributed by atoms with E-state index < -0.39 is 0 Å². The van der Waals surface area contributed by atoms with Gasteiger partial charge in [-0.1, -0.05) is 20.3 Å². The Morgan fingerprint density at radius 1 is 1.50 bits per heavy atom. The molecule has 0 spiro atoms. The second-order valence-electron chi connectivity index (χ2n) is 4.55. The van der Waals surface area contributed by atoms with E-state index in [2.05, 4.69) is 25.9 Å². The van der Waals surface area contributed by atoms with E-state index >= 15 is 0 Å². The molecule has 0 aromatic rings. The van der Waals surface area contributed by atoms with E-state index in [-0.39, 0.29) is 5.92 Å². The predicted octanol–water partition coefficient (Wildman–Crippen LogP) is 1.20. The summed E-state index contributed by atoms with van der Waals surface area (Å²) in [5, 5.41) is 0. The molecule has 0 saturated carbocycles. The van der Waals surface area contributed by atoms with Crippen LogP contribution in [-0.2, 0) is 4.79 Å². The standard InChI is InChI=1S/C11H22N2O/c1-5-6-9(2)11(14)13-7-10(8-13)12(3)4/h9-10H,5-8H2,1-4H3. The van der Waals surface area contributed by atoms with Gasteiger partial charge in [-0.2, -0.15) is 0 Å². The highest BCUT2D eigenvalue weighted by Gasteiger charge is 2.33. The van der Waals surface area contributed by atoms with Crippen LogP contribution in [-0.4, -0.2) is 48.9 Å². The van der Waals surface area contributed by atoms with Gasteiger partial charge in [-0.25, -0.2) is 0 Å². The van der Waals surface area contributed by atoms with Gasteiger partial charge in [0.1, 0.15) is 0 Å². The van der Waals surface area contributed by atoms with Gasteiger partial charge in [0.25, 0.3) is 0 Å². The maximum absolute atomic E-state index is 11.8. The third-order valence-corrected chi connectivity index (χ3v) is 3.05. The molecule has 1 saturated heterocycles. The van der Waals surface area contributed by atoms with Crippen LogP contribution < -0.4 is 0 Å². The average molecular weight is 198 g/mol. The number of hydrogen-bond acceptors (Lipinski definition) is 2. The molecule has 1 fully saturated rings. The molecule has 82 valence electrons. The lowest BCUT2D eigenvalue weighted by Crippen LogP contribution is -2.60. The smallest absolute Gasteiger partial charge is 0.225 e. The van der Waals surface area contributed by atoms with Crippen LogP contribution in [0.15, 0.2) is 0 Å². The van der Waals surface area contributed by atoms with E-state index in [0.717, 1.165) is 25.9 Å². The number of likely N-dealkylation sites (N-methyl/N-ethyl adjacent to an activating group) is 1. The van der Waals surface area contributed by atoms with Gasteiger partial charge in [0.2, 0.25) is 5.91 Å². The maximum Gasteiger partial charge on any atom is 0.225 e. The molecule has 3 nitrogen and oxygen atoms in total. The zero-order valence-electron chi connectivity index (χ0n) is 9.79. The Kier molecular flexibility index (Phi) is 3.93. The number of amides is 1. The summed E-state index contributed by atoms with van der Waals surface area (Å²) in [6.45, 7) is 6.00. The van der Waals surface area contributed by atoms with Crippen LogP contribution in [0.1, 0.15) is 26.7 Å². The average Bonchev–Trinajstić information content (AvgIpc) is 2.00. The summed E-state index contributed by atoms with van der Waals surface area (Å²) in [5.74, 6) is 0.549. The van der Waals surface area contributed by atoms with E-state index in [1.54, 1.807) is 0 Å². The zero-order valence-corrected chi connectivity index (χ0v) is 9.79. The molecular formula is C11H22N2O. The van der Waals surface area contributed by atoms with Crippen LogP contribution in [0.3, 0.4) is 0 Å². The van der Waals surface area contributed by atoms with Gasteiger partial charge in [-0.15, -0.1) is 0 Å². The third-order valence-electron chi connectivity index (χ3n) is 3.05. The Bertz CT molecular complexity index is 197. The first kappa shape index (κ1) is 11.5. The maximum atomic E-state index is 11.8. The summed E-state index contributed by atoms with van der Waals surface area (Å²) in [4.78, 5) is 16.0. The Labute approximate surface area is 87.1 Å². The number of carbonyl (C=O) groups excluding carboxylic acids is 1. The van der Waals surface area contributed by atoms with E-state index in [9.17, 15) is 4.79 Å². The molecule has 0 aromatic heterocycles. The number of rotatable bonds is 4. The molecule has 3 heteroatoms. The lowest BCUT2D eigenvalue weighted by atomic mass is 10.0. The van der Waals surface area contributed by atoms with Crippen LogP contribution in [0.4, 0.5) is 0 Å². The summed E-state index contributed by atoms with van der Waals surface area (Å²) >= 11 is 0. The van der Waals surface area contributed by atoms with Gasteiger partial charge >= 0.3 is 0 Å². The van der Waals surface area contributed by atoms with Gasteiger partial charge in [0.15, 0.2) is 0 Å². The fourth-order valence-electron chi connectivity index (χ4n) is 1.83. The molecule has 0 N–H and O–H groups in total. The molecule has 0 aromatic carbocycles. The Balaban J connectivity index is 2.29. The quantitative estimate of drug-likeness (QED) is 0.677. The molecule has 1 unspecified atom stereocenters. The SMILES string of the molecule is CCCC(C)C(=O)N1CC(N(C)C)C1. The second kappa shape index (κ2) is 4.78. The van der Waals surface area contributed by atoms with Crippen molar-refractivity contribution in [2.24, 2.45) is 5.92 Å². The topological polar surface area (TPSA) is 23.6 Å². The lowest BCUT2D eigenvalue weighted by Gasteiger charge is -2.43. The molecule has 1 aliphatic heterocycles. The summed E-state index contributed by atoms with van der Waals surface area (Å²) < 4.78 is 0. The summed E-state index contributed by atoms with van der Waals surface area (Å²) in [6.07, 6.45) is 2.11. The van der Waals surface area contributed by atoms with Crippen LogP contribution in [0.5, 0.6) is 0 Å². The van der Waals surface area contributed by atoms with Gasteiger partial charge in [-0.3, -0.25) is 4.79 Å². The highest BCUT2D eigenvalue weighted by Crippen LogP contribution is 2.17. The number of carbonyl (C=O) groups is 1. The van der Waals surface area contributed by atoms with Crippen molar-refractivity contribution in [3.05, 3.63) is 0 Å². The molecule has 0 bridgehead atoms. The minimum atomic E-state index is 0.211. The van der Waals surface area contributed by atoms with Crippen molar-refractivity contribution in [3.63, 3.8) is 0 Å². The molecule has 1 aliphatic rings. The molecule has 0 radical (unpaired) electrons. The Morgan fingerprint density at radius 2 is 2.07 bits per heavy atom. The van der Waals surface area contributed by atoms with Gasteiger partial charge in [0, 0.05) is 25.0 Å². The summed E-state index contributed by atoms with van der Waals surface area (Å²) in [5.41, 5.74) is 0. The van der Waals surface area contributed by atoms with E-state index in [4.69, 9.17) is 0 Å². The molecule has 1 amide bonds. The summed E-state index contributed by atoms with van der Waals surface area (Å²) in [7, 11) is 4.14. The minimum Gasteiger partial charge on any atom is -0.339 e. The number of likely N-dealkylation sites (tertiary alicyclic amines) is 1. The first-order valence-corrected chi connectivity index (χ1v) is 5.51. The highest BCUT2D eigenvalue weighted by atomic mass is 16.2. The monoisotopic (exact) mass is 198 g/mol. The van der Waals surface area contributed by atoms with Crippen molar-refractivity contribution >= 4 is 5.91 Å². The summed E-state index contributed by atoms with van der Waals surface area (Å²) in [6, 6.07) is 0.577. The molecular weight excluding hydrogens is 176 g/mol. The van der Waals surface area contributed by atoms with Crippen LogP contribution in [0.2, 0.25) is 0 Å². The third kappa shape index (κ3) is 2.47. The fraction of sp³-hybridized carbons (Fsp3) is 0.909. The predicted molar refractivity (Wildman–Crippen MR) is 58.1 cm³/mol. The van der Waals surface area contributed by atoms with Gasteiger partial charge < -0.3 is 9.80 Å².